The molecule has 0 spiro atoms. The summed E-state index contributed by atoms with van der Waals surface area (Å²) in [5, 5.41) is 7.45. The summed E-state index contributed by atoms with van der Waals surface area (Å²) in [7, 11) is 0. The third-order valence-corrected chi connectivity index (χ3v) is 10.4. The van der Waals surface area contributed by atoms with Crippen LogP contribution in [0, 0.1) is 0 Å². The number of aromatic nitrogens is 1. The third kappa shape index (κ3) is 6.71. The van der Waals surface area contributed by atoms with Gasteiger partial charge in [-0.15, -0.1) is 0 Å². The zero-order valence-electron chi connectivity index (χ0n) is 30.8. The van der Waals surface area contributed by atoms with Gasteiger partial charge in [0.2, 0.25) is 0 Å². The van der Waals surface area contributed by atoms with Crippen LogP contribution < -0.4 is 5.73 Å². The van der Waals surface area contributed by atoms with Crippen LogP contribution in [-0.4, -0.2) is 4.57 Å². The Kier molecular flexibility index (Phi) is 9.91. The average Bonchev–Trinajstić information content (AvgIpc) is 3.51. The highest BCUT2D eigenvalue weighted by atomic mass is 15.0. The summed E-state index contributed by atoms with van der Waals surface area (Å²) in [6.07, 6.45) is 17.1. The van der Waals surface area contributed by atoms with Crippen LogP contribution in [0.15, 0.2) is 195 Å². The Labute approximate surface area is 318 Å². The van der Waals surface area contributed by atoms with Crippen LogP contribution in [0.25, 0.3) is 65.6 Å². The van der Waals surface area contributed by atoms with Gasteiger partial charge in [0, 0.05) is 39.6 Å². The monoisotopic (exact) mass is 696 g/mol. The van der Waals surface area contributed by atoms with Gasteiger partial charge in [0.05, 0.1) is 0 Å². The van der Waals surface area contributed by atoms with Crippen LogP contribution in [0.2, 0.25) is 0 Å². The van der Waals surface area contributed by atoms with Crippen molar-refractivity contribution in [1.82, 2.24) is 4.57 Å². The maximum absolute atomic E-state index is 6.67. The number of nitrogen functional groups attached to an aromatic ring is 1. The molecule has 2 nitrogen and oxygen atoms in total. The molecule has 0 aliphatic rings. The first-order chi connectivity index (χ1) is 26.6. The van der Waals surface area contributed by atoms with Gasteiger partial charge in [-0.3, -0.25) is 0 Å². The molecule has 0 unspecified atom stereocenters. The molecule has 0 saturated heterocycles. The fourth-order valence-corrected chi connectivity index (χ4v) is 7.90. The van der Waals surface area contributed by atoms with Crippen molar-refractivity contribution >= 4 is 60.2 Å². The van der Waals surface area contributed by atoms with Crippen molar-refractivity contribution in [3.05, 3.63) is 211 Å². The number of benzene rings is 7. The highest BCUT2D eigenvalue weighted by molar-refractivity contribution is 6.10. The van der Waals surface area contributed by atoms with E-state index in [4.69, 9.17) is 5.73 Å². The Morgan fingerprint density at radius 1 is 0.593 bits per heavy atom. The molecule has 8 rings (SSSR count). The summed E-state index contributed by atoms with van der Waals surface area (Å²) in [6, 6.07) is 52.0. The molecule has 0 fully saturated rings. The topological polar surface area (TPSA) is 30.9 Å². The third-order valence-electron chi connectivity index (χ3n) is 10.4. The van der Waals surface area contributed by atoms with Gasteiger partial charge in [0.25, 0.3) is 0 Å². The summed E-state index contributed by atoms with van der Waals surface area (Å²) >= 11 is 0. The van der Waals surface area contributed by atoms with E-state index >= 15 is 0 Å². The molecule has 54 heavy (non-hydrogen) atoms. The number of allylic oxidation sites excluding steroid dienone is 9. The van der Waals surface area contributed by atoms with Crippen molar-refractivity contribution in [2.24, 2.45) is 0 Å². The molecule has 0 saturated carbocycles. The Morgan fingerprint density at radius 2 is 1.20 bits per heavy atom. The summed E-state index contributed by atoms with van der Waals surface area (Å²) < 4.78 is 2.46. The standard InChI is InChI=1S/C52H44N2/c1-3-17-37(44-30-14-22-39-19-5-7-26-42(39)44)21-13-24-41-35-52-49(36-48(41)46-28-9-11-32-50(46)53)47-29-10-12-33-51(47)54(52)34-16-25-38(18-4-2)45-31-15-23-40-20-6-8-27-43(40)45/h3,5-23,25-33,35-36H,1,4,24,34,53H2,2H3/b21-13-,25-16-,37-17+,38-18+. The predicted molar refractivity (Wildman–Crippen MR) is 236 cm³/mol. The smallest absolute Gasteiger partial charge is 0.0497 e. The number of hydrogen-bond donors (Lipinski definition) is 1. The van der Waals surface area contributed by atoms with Crippen LogP contribution in [0.4, 0.5) is 5.69 Å². The summed E-state index contributed by atoms with van der Waals surface area (Å²) in [6.45, 7) is 6.99. The molecule has 0 radical (unpaired) electrons. The van der Waals surface area contributed by atoms with Gasteiger partial charge >= 0.3 is 0 Å². The number of fused-ring (bicyclic) bond motifs is 5. The van der Waals surface area contributed by atoms with Crippen molar-refractivity contribution in [1.29, 1.82) is 0 Å². The minimum Gasteiger partial charge on any atom is -0.398 e. The Hall–Kier alpha value is -6.64. The van der Waals surface area contributed by atoms with Crippen molar-refractivity contribution < 1.29 is 0 Å². The molecule has 0 amide bonds. The van der Waals surface area contributed by atoms with Crippen molar-refractivity contribution in [3.63, 3.8) is 0 Å². The largest absolute Gasteiger partial charge is 0.398 e. The molecule has 1 aromatic heterocycles. The molecular formula is C52H44N2. The molecule has 0 bridgehead atoms. The van der Waals surface area contributed by atoms with E-state index in [2.05, 4.69) is 188 Å². The van der Waals surface area contributed by atoms with Gasteiger partial charge in [-0.2, -0.15) is 0 Å². The number of nitrogens with zero attached hydrogens (tertiary/aromatic N) is 1. The number of para-hydroxylation sites is 2. The minimum atomic E-state index is 0.737. The highest BCUT2D eigenvalue weighted by Crippen LogP contribution is 2.38. The van der Waals surface area contributed by atoms with Gasteiger partial charge in [-0.05, 0) is 92.1 Å². The van der Waals surface area contributed by atoms with Crippen LogP contribution >= 0.6 is 0 Å². The normalized spacial score (nSPS) is 12.6. The lowest BCUT2D eigenvalue weighted by atomic mass is 9.93. The van der Waals surface area contributed by atoms with Gasteiger partial charge in [-0.1, -0.05) is 177 Å². The molecule has 0 aliphatic heterocycles. The van der Waals surface area contributed by atoms with E-state index in [1.807, 2.05) is 18.2 Å². The van der Waals surface area contributed by atoms with Crippen LogP contribution in [0.3, 0.4) is 0 Å². The van der Waals surface area contributed by atoms with Crippen molar-refractivity contribution in [3.8, 4) is 11.1 Å². The maximum atomic E-state index is 6.67. The lowest BCUT2D eigenvalue weighted by Crippen LogP contribution is -1.98. The second kappa shape index (κ2) is 15.5. The molecule has 2 N–H and O–H groups in total. The molecule has 0 atom stereocenters. The van der Waals surface area contributed by atoms with Gasteiger partial charge in [-0.25, -0.2) is 0 Å². The molecular weight excluding hydrogens is 653 g/mol. The number of hydrogen-bond acceptors (Lipinski definition) is 1. The molecule has 1 heterocycles. The van der Waals surface area contributed by atoms with E-state index < -0.39 is 0 Å². The van der Waals surface area contributed by atoms with Crippen LogP contribution in [-0.2, 0) is 13.0 Å². The summed E-state index contributed by atoms with van der Waals surface area (Å²) in [5.74, 6) is 0. The van der Waals surface area contributed by atoms with Gasteiger partial charge < -0.3 is 10.3 Å². The lowest BCUT2D eigenvalue weighted by Gasteiger charge is -2.13. The van der Waals surface area contributed by atoms with E-state index in [-0.39, 0.29) is 0 Å². The van der Waals surface area contributed by atoms with E-state index in [0.717, 1.165) is 41.8 Å². The molecule has 2 heteroatoms. The number of rotatable bonds is 11. The first-order valence-electron chi connectivity index (χ1n) is 18.9. The molecule has 8 aromatic rings. The Bertz CT molecular complexity index is 2770. The maximum Gasteiger partial charge on any atom is 0.0497 e. The zero-order chi connectivity index (χ0) is 36.9. The Morgan fingerprint density at radius 3 is 1.91 bits per heavy atom. The quantitative estimate of drug-likeness (QED) is 0.106. The van der Waals surface area contributed by atoms with Crippen LogP contribution in [0.1, 0.15) is 30.0 Å². The second-order valence-corrected chi connectivity index (χ2v) is 13.7. The van der Waals surface area contributed by atoms with E-state index in [1.54, 1.807) is 0 Å². The van der Waals surface area contributed by atoms with Crippen LogP contribution in [0.5, 0.6) is 0 Å². The summed E-state index contributed by atoms with van der Waals surface area (Å²) in [4.78, 5) is 0. The first kappa shape index (κ1) is 34.4. The van der Waals surface area contributed by atoms with Crippen molar-refractivity contribution in [2.75, 3.05) is 5.73 Å². The minimum absolute atomic E-state index is 0.737. The lowest BCUT2D eigenvalue weighted by molar-refractivity contribution is 0.898. The van der Waals surface area contributed by atoms with Crippen molar-refractivity contribution in [2.45, 2.75) is 26.3 Å². The average molecular weight is 697 g/mol. The van der Waals surface area contributed by atoms with E-state index in [1.165, 1.54) is 65.6 Å². The van der Waals surface area contributed by atoms with Gasteiger partial charge in [0.1, 0.15) is 0 Å². The van der Waals surface area contributed by atoms with E-state index in [0.29, 0.717) is 0 Å². The molecule has 7 aromatic carbocycles. The predicted octanol–water partition coefficient (Wildman–Crippen LogP) is 13.8. The zero-order valence-corrected chi connectivity index (χ0v) is 30.8. The fraction of sp³-hybridized carbons (Fsp3) is 0.0769. The molecule has 0 aliphatic carbocycles. The molecule has 262 valence electrons. The van der Waals surface area contributed by atoms with E-state index in [9.17, 15) is 0 Å². The second-order valence-electron chi connectivity index (χ2n) is 13.7. The fourth-order valence-electron chi connectivity index (χ4n) is 7.90. The number of anilines is 1. The Balaban J connectivity index is 1.22. The van der Waals surface area contributed by atoms with Gasteiger partial charge in [0.15, 0.2) is 0 Å². The SMILES string of the molecule is C=C/C=C(\C=C/Cc1cc2c(cc1-c1ccccc1N)c1ccccc1n2C/C=C\C(=C/CC)c1cccc2ccccc12)c1cccc2ccccc12. The summed E-state index contributed by atoms with van der Waals surface area (Å²) in [5.41, 5.74) is 18.2. The first-order valence-corrected chi connectivity index (χ1v) is 18.9. The highest BCUT2D eigenvalue weighted by Gasteiger charge is 2.16. The number of nitrogens with two attached hydrogens (primary N) is 1.